The van der Waals surface area contributed by atoms with Crippen LogP contribution in [0.3, 0.4) is 0 Å². The number of hydrogen-bond acceptors (Lipinski definition) is 2. The summed E-state index contributed by atoms with van der Waals surface area (Å²) in [5, 5.41) is 10.9. The molecule has 1 fully saturated rings. The fraction of sp³-hybridized carbons (Fsp3) is 0.769. The second-order valence-corrected chi connectivity index (χ2v) is 4.90. The van der Waals surface area contributed by atoms with Crippen LogP contribution < -0.4 is 5.32 Å². The van der Waals surface area contributed by atoms with Crippen LogP contribution in [0.4, 0.5) is 0 Å². The van der Waals surface area contributed by atoms with Crippen molar-refractivity contribution < 1.29 is 0 Å². The van der Waals surface area contributed by atoms with Gasteiger partial charge in [-0.05, 0) is 32.4 Å². The number of aromatic nitrogens is 2. The maximum Gasteiger partial charge on any atom is 0.0684 e. The average Bonchev–Trinajstić information content (AvgIpc) is 2.69. The van der Waals surface area contributed by atoms with Crippen LogP contribution in [0.2, 0.25) is 0 Å². The molecule has 0 aromatic carbocycles. The summed E-state index contributed by atoms with van der Waals surface area (Å²) in [5.41, 5.74) is 4.06. The highest BCUT2D eigenvalue weighted by Crippen LogP contribution is 2.33. The molecule has 0 amide bonds. The maximum absolute atomic E-state index is 4.54. The van der Waals surface area contributed by atoms with Crippen LogP contribution in [0.5, 0.6) is 0 Å². The van der Waals surface area contributed by atoms with Crippen molar-refractivity contribution in [2.45, 2.75) is 51.4 Å². The molecule has 16 heavy (non-hydrogen) atoms. The van der Waals surface area contributed by atoms with Crippen LogP contribution in [0.15, 0.2) is 0 Å². The molecule has 0 bridgehead atoms. The van der Waals surface area contributed by atoms with Gasteiger partial charge in [-0.2, -0.15) is 5.10 Å². The highest BCUT2D eigenvalue weighted by Gasteiger charge is 2.21. The van der Waals surface area contributed by atoms with Gasteiger partial charge in [0.15, 0.2) is 0 Å². The first kappa shape index (κ1) is 11.6. The summed E-state index contributed by atoms with van der Waals surface area (Å²) in [6.45, 7) is 3.24. The van der Waals surface area contributed by atoms with Crippen LogP contribution in [0.1, 0.15) is 55.0 Å². The fourth-order valence-corrected chi connectivity index (χ4v) is 2.72. The molecule has 1 saturated carbocycles. The van der Waals surface area contributed by atoms with Crippen LogP contribution in [-0.2, 0) is 6.42 Å². The van der Waals surface area contributed by atoms with Gasteiger partial charge >= 0.3 is 0 Å². The van der Waals surface area contributed by atoms with Gasteiger partial charge in [-0.15, -0.1) is 0 Å². The lowest BCUT2D eigenvalue weighted by Crippen LogP contribution is -2.11. The highest BCUT2D eigenvalue weighted by molar-refractivity contribution is 5.27. The predicted molar refractivity (Wildman–Crippen MR) is 66.8 cm³/mol. The zero-order valence-corrected chi connectivity index (χ0v) is 10.5. The predicted octanol–water partition coefficient (Wildman–Crippen LogP) is 2.53. The normalized spacial score (nSPS) is 17.9. The third kappa shape index (κ3) is 2.46. The fourth-order valence-electron chi connectivity index (χ4n) is 2.72. The molecule has 1 heterocycles. The number of hydrogen-bond donors (Lipinski definition) is 2. The van der Waals surface area contributed by atoms with Gasteiger partial charge in [0.1, 0.15) is 0 Å². The Morgan fingerprint density at radius 2 is 2.06 bits per heavy atom. The van der Waals surface area contributed by atoms with Crippen LogP contribution in [0.25, 0.3) is 0 Å². The standard InChI is InChI=1S/C13H23N3/c1-10-12(8-9-14-2)15-16-13(10)11-6-4-3-5-7-11/h11,14H,3-9H2,1-2H3,(H,15,16). The van der Waals surface area contributed by atoms with Crippen molar-refractivity contribution in [2.24, 2.45) is 0 Å². The largest absolute Gasteiger partial charge is 0.319 e. The molecule has 0 aliphatic heterocycles. The van der Waals surface area contributed by atoms with Gasteiger partial charge in [-0.1, -0.05) is 19.3 Å². The SMILES string of the molecule is CNCCc1[nH]nc(C2CCCCC2)c1C. The Morgan fingerprint density at radius 1 is 1.31 bits per heavy atom. The van der Waals surface area contributed by atoms with Crippen molar-refractivity contribution >= 4 is 0 Å². The summed E-state index contributed by atoms with van der Waals surface area (Å²) in [6.07, 6.45) is 7.88. The Morgan fingerprint density at radius 3 is 2.75 bits per heavy atom. The molecule has 0 saturated heterocycles. The minimum atomic E-state index is 0.716. The Labute approximate surface area is 98.0 Å². The Bertz CT molecular complexity index is 324. The number of aromatic amines is 1. The average molecular weight is 221 g/mol. The van der Waals surface area contributed by atoms with Gasteiger partial charge in [-0.3, -0.25) is 5.10 Å². The first-order chi connectivity index (χ1) is 7.83. The molecule has 2 N–H and O–H groups in total. The Hall–Kier alpha value is -0.830. The van der Waals surface area contributed by atoms with E-state index in [-0.39, 0.29) is 0 Å². The minimum absolute atomic E-state index is 0.716. The number of likely N-dealkylation sites (N-methyl/N-ethyl adjacent to an activating group) is 1. The van der Waals surface area contributed by atoms with Crippen molar-refractivity contribution in [2.75, 3.05) is 13.6 Å². The van der Waals surface area contributed by atoms with Crippen molar-refractivity contribution in [3.8, 4) is 0 Å². The highest BCUT2D eigenvalue weighted by atomic mass is 15.1. The van der Waals surface area contributed by atoms with E-state index < -0.39 is 0 Å². The van der Waals surface area contributed by atoms with E-state index in [1.165, 1.54) is 49.1 Å². The van der Waals surface area contributed by atoms with Crippen molar-refractivity contribution in [3.63, 3.8) is 0 Å². The molecule has 0 radical (unpaired) electrons. The van der Waals surface area contributed by atoms with E-state index in [0.29, 0.717) is 5.92 Å². The molecule has 90 valence electrons. The lowest BCUT2D eigenvalue weighted by Gasteiger charge is -2.20. The molecule has 1 aromatic heterocycles. The topological polar surface area (TPSA) is 40.7 Å². The summed E-state index contributed by atoms with van der Waals surface area (Å²) >= 11 is 0. The molecule has 0 spiro atoms. The van der Waals surface area contributed by atoms with Crippen LogP contribution in [-0.4, -0.2) is 23.8 Å². The monoisotopic (exact) mass is 221 g/mol. The molecular formula is C13H23N3. The van der Waals surface area contributed by atoms with Gasteiger partial charge < -0.3 is 5.32 Å². The molecule has 0 unspecified atom stereocenters. The molecular weight excluding hydrogens is 198 g/mol. The minimum Gasteiger partial charge on any atom is -0.319 e. The lowest BCUT2D eigenvalue weighted by molar-refractivity contribution is 0.435. The van der Waals surface area contributed by atoms with Crippen molar-refractivity contribution in [1.29, 1.82) is 0 Å². The van der Waals surface area contributed by atoms with Crippen LogP contribution in [0, 0.1) is 6.92 Å². The van der Waals surface area contributed by atoms with Gasteiger partial charge in [0.25, 0.3) is 0 Å². The van der Waals surface area contributed by atoms with E-state index in [9.17, 15) is 0 Å². The van der Waals surface area contributed by atoms with Crippen molar-refractivity contribution in [3.05, 3.63) is 17.0 Å². The summed E-state index contributed by atoms with van der Waals surface area (Å²) in [7, 11) is 1.99. The second kappa shape index (κ2) is 5.48. The van der Waals surface area contributed by atoms with E-state index in [1.54, 1.807) is 0 Å². The summed E-state index contributed by atoms with van der Waals surface area (Å²) in [5.74, 6) is 0.716. The van der Waals surface area contributed by atoms with E-state index in [1.807, 2.05) is 7.05 Å². The zero-order valence-electron chi connectivity index (χ0n) is 10.5. The van der Waals surface area contributed by atoms with E-state index in [0.717, 1.165) is 13.0 Å². The molecule has 0 atom stereocenters. The van der Waals surface area contributed by atoms with Gasteiger partial charge in [0.2, 0.25) is 0 Å². The van der Waals surface area contributed by atoms with Crippen LogP contribution >= 0.6 is 0 Å². The third-order valence-corrected chi connectivity index (χ3v) is 3.77. The number of nitrogens with zero attached hydrogens (tertiary/aromatic N) is 1. The molecule has 1 aliphatic carbocycles. The molecule has 3 nitrogen and oxygen atoms in total. The summed E-state index contributed by atoms with van der Waals surface area (Å²) in [4.78, 5) is 0. The zero-order chi connectivity index (χ0) is 11.4. The first-order valence-electron chi connectivity index (χ1n) is 6.51. The molecule has 3 heteroatoms. The van der Waals surface area contributed by atoms with Gasteiger partial charge in [0.05, 0.1) is 5.69 Å². The molecule has 1 aliphatic rings. The second-order valence-electron chi connectivity index (χ2n) is 4.90. The Balaban J connectivity index is 2.06. The number of H-pyrrole nitrogens is 1. The maximum atomic E-state index is 4.54. The van der Waals surface area contributed by atoms with Gasteiger partial charge in [0, 0.05) is 24.6 Å². The Kier molecular flexibility index (Phi) is 3.99. The molecule has 2 rings (SSSR count). The number of rotatable bonds is 4. The van der Waals surface area contributed by atoms with Gasteiger partial charge in [-0.25, -0.2) is 0 Å². The molecule has 1 aromatic rings. The third-order valence-electron chi connectivity index (χ3n) is 3.77. The van der Waals surface area contributed by atoms with E-state index >= 15 is 0 Å². The van der Waals surface area contributed by atoms with Crippen molar-refractivity contribution in [1.82, 2.24) is 15.5 Å². The number of nitrogens with one attached hydrogen (secondary N) is 2. The smallest absolute Gasteiger partial charge is 0.0684 e. The van der Waals surface area contributed by atoms with E-state index in [4.69, 9.17) is 0 Å². The van der Waals surface area contributed by atoms with E-state index in [2.05, 4.69) is 22.4 Å². The quantitative estimate of drug-likeness (QED) is 0.820. The first-order valence-corrected chi connectivity index (χ1v) is 6.51. The summed E-state index contributed by atoms with van der Waals surface area (Å²) < 4.78 is 0. The lowest BCUT2D eigenvalue weighted by atomic mass is 9.85. The summed E-state index contributed by atoms with van der Waals surface area (Å²) in [6, 6.07) is 0.